The van der Waals surface area contributed by atoms with E-state index in [1.54, 1.807) is 6.07 Å². The van der Waals surface area contributed by atoms with Gasteiger partial charge in [-0.25, -0.2) is 0 Å². The van der Waals surface area contributed by atoms with Crippen LogP contribution in [0.25, 0.3) is 0 Å². The molecule has 4 heteroatoms. The molecule has 1 atom stereocenters. The lowest BCUT2D eigenvalue weighted by Gasteiger charge is -2.36. The topological polar surface area (TPSA) is 58.9 Å². The summed E-state index contributed by atoms with van der Waals surface area (Å²) in [6.07, 6.45) is 4.38. The molecular weight excluding hydrogens is 256 g/mol. The molecule has 0 bridgehead atoms. The smallest absolute Gasteiger partial charge is 0.161 e. The highest BCUT2D eigenvalue weighted by molar-refractivity contribution is 5.44. The normalized spacial score (nSPS) is 22.9. The second kappa shape index (κ2) is 5.62. The van der Waals surface area contributed by atoms with Crippen molar-refractivity contribution in [1.29, 1.82) is 0 Å². The quantitative estimate of drug-likeness (QED) is 0.873. The summed E-state index contributed by atoms with van der Waals surface area (Å²) in [5.41, 5.74) is -0.295. The molecule has 2 aliphatic rings. The number of fused-ring (bicyclic) bond motifs is 1. The van der Waals surface area contributed by atoms with Gasteiger partial charge in [0.05, 0.1) is 18.8 Å². The first-order valence-electron chi connectivity index (χ1n) is 7.49. The number of hydrogen-bond acceptors (Lipinski definition) is 4. The third-order valence-electron chi connectivity index (χ3n) is 4.32. The van der Waals surface area contributed by atoms with Gasteiger partial charge in [0.25, 0.3) is 0 Å². The van der Waals surface area contributed by atoms with E-state index in [1.165, 1.54) is 0 Å². The van der Waals surface area contributed by atoms with Crippen molar-refractivity contribution in [2.45, 2.75) is 50.2 Å². The van der Waals surface area contributed by atoms with E-state index in [-0.39, 0.29) is 0 Å². The number of aliphatic hydroxyl groups excluding tert-OH is 1. The Balaban J connectivity index is 1.84. The van der Waals surface area contributed by atoms with Gasteiger partial charge in [0.1, 0.15) is 6.10 Å². The maximum absolute atomic E-state index is 10.6. The average molecular weight is 278 g/mol. The van der Waals surface area contributed by atoms with Crippen molar-refractivity contribution in [2.75, 3.05) is 13.2 Å². The standard InChI is InChI=1S/C16H22O4/c17-15(16(18)7-2-1-3-8-16)12-5-6-13-14(11-12)20-10-4-9-19-13/h5-6,11,15,17-18H,1-4,7-10H2. The van der Waals surface area contributed by atoms with Crippen molar-refractivity contribution in [3.05, 3.63) is 23.8 Å². The van der Waals surface area contributed by atoms with Crippen molar-refractivity contribution in [3.8, 4) is 11.5 Å². The predicted molar refractivity (Wildman–Crippen MR) is 75.0 cm³/mol. The highest BCUT2D eigenvalue weighted by Gasteiger charge is 2.38. The Hall–Kier alpha value is -1.26. The third kappa shape index (κ3) is 2.63. The lowest BCUT2D eigenvalue weighted by molar-refractivity contribution is -0.0992. The van der Waals surface area contributed by atoms with E-state index >= 15 is 0 Å². The van der Waals surface area contributed by atoms with Crippen LogP contribution < -0.4 is 9.47 Å². The number of ether oxygens (including phenoxy) is 2. The first-order chi connectivity index (χ1) is 9.69. The molecule has 20 heavy (non-hydrogen) atoms. The number of hydrogen-bond donors (Lipinski definition) is 2. The zero-order valence-electron chi connectivity index (χ0n) is 11.7. The van der Waals surface area contributed by atoms with Crippen LogP contribution >= 0.6 is 0 Å². The maximum atomic E-state index is 10.6. The Labute approximate surface area is 119 Å². The predicted octanol–water partition coefficient (Wildman–Crippen LogP) is 2.58. The van der Waals surface area contributed by atoms with Gasteiger partial charge in [-0.05, 0) is 30.5 Å². The van der Waals surface area contributed by atoms with Gasteiger partial charge in [-0.2, -0.15) is 0 Å². The summed E-state index contributed by atoms with van der Waals surface area (Å²) in [6.45, 7) is 1.27. The van der Waals surface area contributed by atoms with Crippen LogP contribution in [0.1, 0.15) is 50.2 Å². The third-order valence-corrected chi connectivity index (χ3v) is 4.32. The Bertz CT molecular complexity index is 466. The van der Waals surface area contributed by atoms with Crippen LogP contribution in [0.3, 0.4) is 0 Å². The minimum Gasteiger partial charge on any atom is -0.490 e. The molecule has 2 N–H and O–H groups in total. The van der Waals surface area contributed by atoms with Crippen LogP contribution in [-0.4, -0.2) is 29.0 Å². The summed E-state index contributed by atoms with van der Waals surface area (Å²) >= 11 is 0. The molecule has 4 nitrogen and oxygen atoms in total. The zero-order valence-corrected chi connectivity index (χ0v) is 11.7. The molecule has 0 aromatic heterocycles. The second-order valence-corrected chi connectivity index (χ2v) is 5.82. The number of rotatable bonds is 2. The molecule has 1 aliphatic carbocycles. The van der Waals surface area contributed by atoms with Crippen LogP contribution in [-0.2, 0) is 0 Å². The molecule has 1 heterocycles. The van der Waals surface area contributed by atoms with Gasteiger partial charge >= 0.3 is 0 Å². The Kier molecular flexibility index (Phi) is 3.85. The minimum absolute atomic E-state index is 0.622. The molecule has 3 rings (SSSR count). The molecule has 0 amide bonds. The lowest BCUT2D eigenvalue weighted by Crippen LogP contribution is -2.38. The average Bonchev–Trinajstić information content (AvgIpc) is 2.71. The largest absolute Gasteiger partial charge is 0.490 e. The van der Waals surface area contributed by atoms with E-state index in [4.69, 9.17) is 9.47 Å². The van der Waals surface area contributed by atoms with E-state index in [0.717, 1.165) is 25.7 Å². The Morgan fingerprint density at radius 1 is 0.950 bits per heavy atom. The Morgan fingerprint density at radius 3 is 2.40 bits per heavy atom. The highest BCUT2D eigenvalue weighted by Crippen LogP contribution is 2.41. The van der Waals surface area contributed by atoms with Crippen molar-refractivity contribution in [3.63, 3.8) is 0 Å². The van der Waals surface area contributed by atoms with Crippen LogP contribution in [0.15, 0.2) is 18.2 Å². The first kappa shape index (κ1) is 13.7. The summed E-state index contributed by atoms with van der Waals surface area (Å²) in [6, 6.07) is 5.45. The van der Waals surface area contributed by atoms with Crippen molar-refractivity contribution in [2.24, 2.45) is 0 Å². The number of benzene rings is 1. The van der Waals surface area contributed by atoms with E-state index in [9.17, 15) is 10.2 Å². The van der Waals surface area contributed by atoms with Gasteiger partial charge in [-0.15, -0.1) is 0 Å². The fraction of sp³-hybridized carbons (Fsp3) is 0.625. The second-order valence-electron chi connectivity index (χ2n) is 5.82. The molecular formula is C16H22O4. The van der Waals surface area contributed by atoms with Crippen LogP contribution in [0.4, 0.5) is 0 Å². The van der Waals surface area contributed by atoms with E-state index in [1.807, 2.05) is 12.1 Å². The van der Waals surface area contributed by atoms with Crippen LogP contribution in [0.2, 0.25) is 0 Å². The van der Waals surface area contributed by atoms with Gasteiger partial charge in [0.15, 0.2) is 11.5 Å². The Morgan fingerprint density at radius 2 is 1.65 bits per heavy atom. The van der Waals surface area contributed by atoms with Crippen molar-refractivity contribution in [1.82, 2.24) is 0 Å². The van der Waals surface area contributed by atoms with E-state index < -0.39 is 11.7 Å². The number of aliphatic hydroxyl groups is 2. The van der Waals surface area contributed by atoms with E-state index in [2.05, 4.69) is 0 Å². The molecule has 0 saturated heterocycles. The van der Waals surface area contributed by atoms with Crippen LogP contribution in [0, 0.1) is 0 Å². The molecule has 1 unspecified atom stereocenters. The molecule has 1 saturated carbocycles. The zero-order chi connectivity index (χ0) is 14.0. The van der Waals surface area contributed by atoms with Gasteiger partial charge in [-0.3, -0.25) is 0 Å². The maximum Gasteiger partial charge on any atom is 0.161 e. The fourth-order valence-electron chi connectivity index (χ4n) is 3.10. The highest BCUT2D eigenvalue weighted by atomic mass is 16.5. The molecule has 0 radical (unpaired) electrons. The molecule has 1 aromatic rings. The van der Waals surface area contributed by atoms with Gasteiger partial charge < -0.3 is 19.7 Å². The van der Waals surface area contributed by atoms with E-state index in [0.29, 0.717) is 43.1 Å². The van der Waals surface area contributed by atoms with Crippen LogP contribution in [0.5, 0.6) is 11.5 Å². The molecule has 1 fully saturated rings. The lowest BCUT2D eigenvalue weighted by atomic mass is 9.78. The fourth-order valence-corrected chi connectivity index (χ4v) is 3.10. The molecule has 0 spiro atoms. The summed E-state index contributed by atoms with van der Waals surface area (Å²) in [7, 11) is 0. The summed E-state index contributed by atoms with van der Waals surface area (Å²) in [5.74, 6) is 1.38. The summed E-state index contributed by atoms with van der Waals surface area (Å²) in [5, 5.41) is 21.2. The first-order valence-corrected chi connectivity index (χ1v) is 7.49. The summed E-state index contributed by atoms with van der Waals surface area (Å²) < 4.78 is 11.2. The van der Waals surface area contributed by atoms with Crippen molar-refractivity contribution < 1.29 is 19.7 Å². The van der Waals surface area contributed by atoms with Gasteiger partial charge in [0, 0.05) is 6.42 Å². The minimum atomic E-state index is -1.00. The van der Waals surface area contributed by atoms with Gasteiger partial charge in [0.2, 0.25) is 0 Å². The molecule has 1 aromatic carbocycles. The summed E-state index contributed by atoms with van der Waals surface area (Å²) in [4.78, 5) is 0. The molecule has 1 aliphatic heterocycles. The van der Waals surface area contributed by atoms with Gasteiger partial charge in [-0.1, -0.05) is 25.3 Å². The van der Waals surface area contributed by atoms with Crippen molar-refractivity contribution >= 4 is 0 Å². The SMILES string of the molecule is OC(c1ccc2c(c1)OCCCO2)C1(O)CCCCC1. The monoisotopic (exact) mass is 278 g/mol. The molecule has 110 valence electrons.